The Labute approximate surface area is 94.4 Å². The number of nitrogens with one attached hydrogen (secondary N) is 1. The predicted molar refractivity (Wildman–Crippen MR) is 66.0 cm³/mol. The highest BCUT2D eigenvalue weighted by Crippen LogP contribution is 2.26. The number of thioether (sulfide) groups is 1. The minimum atomic E-state index is -0.0843. The largest absolute Gasteiger partial charge is 0.399 e. The molecule has 0 aromatic heterocycles. The predicted octanol–water partition coefficient (Wildman–Crippen LogP) is 1.46. The molecule has 82 valence electrons. The van der Waals surface area contributed by atoms with Gasteiger partial charge in [-0.15, -0.1) is 11.8 Å². The van der Waals surface area contributed by atoms with E-state index in [2.05, 4.69) is 5.32 Å². The lowest BCUT2D eigenvalue weighted by molar-refractivity contribution is -0.107. The van der Waals surface area contributed by atoms with E-state index in [1.165, 1.54) is 0 Å². The van der Waals surface area contributed by atoms with Gasteiger partial charge in [-0.05, 0) is 24.7 Å². The Morgan fingerprint density at radius 1 is 1.47 bits per heavy atom. The maximum Gasteiger partial charge on any atom is 0.137 e. The van der Waals surface area contributed by atoms with E-state index < -0.39 is 0 Å². The van der Waals surface area contributed by atoms with Crippen LogP contribution in [0.1, 0.15) is 10.8 Å². The number of nitrogens with two attached hydrogens (primary N) is 1. The monoisotopic (exact) mass is 224 g/mol. The van der Waals surface area contributed by atoms with Gasteiger partial charge in [0, 0.05) is 18.0 Å². The molecule has 3 nitrogen and oxygen atoms in total. The molecule has 15 heavy (non-hydrogen) atoms. The molecule has 1 rings (SSSR count). The molecule has 1 unspecified atom stereocenters. The average Bonchev–Trinajstić information content (AvgIpc) is 2.26. The summed E-state index contributed by atoms with van der Waals surface area (Å²) in [7, 11) is 1.90. The van der Waals surface area contributed by atoms with Crippen molar-refractivity contribution in [1.29, 1.82) is 0 Å². The molecule has 0 saturated carbocycles. The van der Waals surface area contributed by atoms with Crippen molar-refractivity contribution in [2.45, 2.75) is 5.25 Å². The second-order valence-corrected chi connectivity index (χ2v) is 4.45. The molecule has 0 radical (unpaired) electrons. The van der Waals surface area contributed by atoms with Crippen LogP contribution in [0.25, 0.3) is 0 Å². The van der Waals surface area contributed by atoms with Crippen LogP contribution in [0.3, 0.4) is 0 Å². The van der Waals surface area contributed by atoms with Crippen molar-refractivity contribution in [2.24, 2.45) is 0 Å². The fraction of sp³-hybridized carbons (Fsp3) is 0.364. The minimum Gasteiger partial charge on any atom is -0.399 e. The van der Waals surface area contributed by atoms with E-state index >= 15 is 0 Å². The first-order chi connectivity index (χ1) is 7.27. The number of hydrogen-bond donors (Lipinski definition) is 2. The van der Waals surface area contributed by atoms with Crippen molar-refractivity contribution >= 4 is 23.7 Å². The Bertz CT molecular complexity index is 300. The van der Waals surface area contributed by atoms with Gasteiger partial charge in [-0.25, -0.2) is 0 Å². The molecule has 0 aliphatic rings. The molecule has 0 aliphatic heterocycles. The van der Waals surface area contributed by atoms with Crippen molar-refractivity contribution in [3.8, 4) is 0 Å². The Morgan fingerprint density at radius 3 is 2.67 bits per heavy atom. The Kier molecular flexibility index (Phi) is 5.21. The number of benzene rings is 1. The average molecular weight is 224 g/mol. The van der Waals surface area contributed by atoms with Crippen LogP contribution < -0.4 is 11.1 Å². The maximum absolute atomic E-state index is 10.9. The fourth-order valence-electron chi connectivity index (χ4n) is 1.19. The van der Waals surface area contributed by atoms with Crippen molar-refractivity contribution in [1.82, 2.24) is 5.32 Å². The summed E-state index contributed by atoms with van der Waals surface area (Å²) in [5.41, 5.74) is 7.32. The molecule has 0 heterocycles. The first-order valence-electron chi connectivity index (χ1n) is 4.85. The summed E-state index contributed by atoms with van der Waals surface area (Å²) in [6.45, 7) is 0.907. The molecule has 0 spiro atoms. The van der Waals surface area contributed by atoms with Gasteiger partial charge in [-0.3, -0.25) is 0 Å². The van der Waals surface area contributed by atoms with E-state index in [1.54, 1.807) is 11.8 Å². The highest BCUT2D eigenvalue weighted by Gasteiger charge is 2.09. The summed E-state index contributed by atoms with van der Waals surface area (Å²) in [4.78, 5) is 10.9. The highest BCUT2D eigenvalue weighted by atomic mass is 32.2. The summed E-state index contributed by atoms with van der Waals surface area (Å²) in [5.74, 6) is 0.921. The van der Waals surface area contributed by atoms with Gasteiger partial charge in [0.25, 0.3) is 0 Å². The van der Waals surface area contributed by atoms with Gasteiger partial charge in [0.15, 0.2) is 0 Å². The number of anilines is 1. The maximum atomic E-state index is 10.9. The van der Waals surface area contributed by atoms with E-state index in [4.69, 9.17) is 5.73 Å². The van der Waals surface area contributed by atoms with E-state index in [0.29, 0.717) is 0 Å². The van der Waals surface area contributed by atoms with Gasteiger partial charge in [0.2, 0.25) is 0 Å². The second kappa shape index (κ2) is 6.48. The minimum absolute atomic E-state index is 0.0843. The Balaban J connectivity index is 2.57. The quantitative estimate of drug-likeness (QED) is 0.436. The molecule has 4 heteroatoms. The normalized spacial score (nSPS) is 12.3. The summed E-state index contributed by atoms with van der Waals surface area (Å²) < 4.78 is 0. The van der Waals surface area contributed by atoms with Gasteiger partial charge in [0.05, 0.1) is 5.25 Å². The van der Waals surface area contributed by atoms with Gasteiger partial charge >= 0.3 is 0 Å². The smallest absolute Gasteiger partial charge is 0.137 e. The molecule has 1 aromatic rings. The lowest BCUT2D eigenvalue weighted by Crippen LogP contribution is -2.11. The molecule has 0 aliphatic carbocycles. The van der Waals surface area contributed by atoms with Crippen LogP contribution in [0, 0.1) is 0 Å². The third-order valence-electron chi connectivity index (χ3n) is 2.04. The molecule has 0 bridgehead atoms. The van der Waals surface area contributed by atoms with Gasteiger partial charge in [0.1, 0.15) is 6.29 Å². The molecule has 1 aromatic carbocycles. The fourth-order valence-corrected chi connectivity index (χ4v) is 2.19. The SMILES string of the molecule is CNCCSC(C=O)c1ccc(N)cc1. The lowest BCUT2D eigenvalue weighted by atomic mass is 10.1. The van der Waals surface area contributed by atoms with E-state index in [9.17, 15) is 4.79 Å². The number of rotatable bonds is 6. The zero-order chi connectivity index (χ0) is 11.1. The number of carbonyl (C=O) groups excluding carboxylic acids is 1. The topological polar surface area (TPSA) is 55.1 Å². The number of hydrogen-bond acceptors (Lipinski definition) is 4. The standard InChI is InChI=1S/C11H16N2OS/c1-13-6-7-15-11(8-14)9-2-4-10(12)5-3-9/h2-5,8,11,13H,6-7,12H2,1H3. The van der Waals surface area contributed by atoms with Gasteiger partial charge < -0.3 is 15.8 Å². The lowest BCUT2D eigenvalue weighted by Gasteiger charge is -2.10. The van der Waals surface area contributed by atoms with Crippen LogP contribution in [0.4, 0.5) is 5.69 Å². The van der Waals surface area contributed by atoms with Gasteiger partial charge in [-0.1, -0.05) is 12.1 Å². The third-order valence-corrected chi connectivity index (χ3v) is 3.22. The zero-order valence-electron chi connectivity index (χ0n) is 8.77. The summed E-state index contributed by atoms with van der Waals surface area (Å²) in [6.07, 6.45) is 0.978. The summed E-state index contributed by atoms with van der Waals surface area (Å²) >= 11 is 1.63. The van der Waals surface area contributed by atoms with E-state index in [-0.39, 0.29) is 5.25 Å². The van der Waals surface area contributed by atoms with Crippen LogP contribution in [-0.4, -0.2) is 25.6 Å². The van der Waals surface area contributed by atoms with Crippen molar-refractivity contribution in [3.63, 3.8) is 0 Å². The van der Waals surface area contributed by atoms with Crippen LogP contribution in [0.5, 0.6) is 0 Å². The van der Waals surface area contributed by atoms with E-state index in [1.807, 2.05) is 31.3 Å². The molecule has 0 fully saturated rings. The summed E-state index contributed by atoms with van der Waals surface area (Å²) in [5, 5.41) is 2.97. The molecule has 0 amide bonds. The molecule has 3 N–H and O–H groups in total. The molecule has 0 saturated heterocycles. The number of aldehydes is 1. The molecule has 1 atom stereocenters. The van der Waals surface area contributed by atoms with Crippen molar-refractivity contribution < 1.29 is 4.79 Å². The summed E-state index contributed by atoms with van der Waals surface area (Å²) in [6, 6.07) is 7.45. The number of carbonyl (C=O) groups is 1. The van der Waals surface area contributed by atoms with Crippen molar-refractivity contribution in [2.75, 3.05) is 25.1 Å². The number of nitrogen functional groups attached to an aromatic ring is 1. The van der Waals surface area contributed by atoms with E-state index in [0.717, 1.165) is 29.8 Å². The Hall–Kier alpha value is -1.00. The van der Waals surface area contributed by atoms with Gasteiger partial charge in [-0.2, -0.15) is 0 Å². The van der Waals surface area contributed by atoms with Crippen LogP contribution in [0.15, 0.2) is 24.3 Å². The molecular weight excluding hydrogens is 208 g/mol. The highest BCUT2D eigenvalue weighted by molar-refractivity contribution is 8.00. The van der Waals surface area contributed by atoms with Crippen molar-refractivity contribution in [3.05, 3.63) is 29.8 Å². The Morgan fingerprint density at radius 2 is 2.13 bits per heavy atom. The third kappa shape index (κ3) is 3.93. The molecular formula is C11H16N2OS. The first kappa shape index (κ1) is 12.1. The second-order valence-electron chi connectivity index (χ2n) is 3.20. The van der Waals surface area contributed by atoms with Crippen LogP contribution >= 0.6 is 11.8 Å². The first-order valence-corrected chi connectivity index (χ1v) is 5.89. The zero-order valence-corrected chi connectivity index (χ0v) is 9.59. The van der Waals surface area contributed by atoms with Crippen LogP contribution in [0.2, 0.25) is 0 Å². The van der Waals surface area contributed by atoms with Crippen LogP contribution in [-0.2, 0) is 4.79 Å².